The van der Waals surface area contributed by atoms with Crippen molar-refractivity contribution in [3.05, 3.63) is 72.2 Å². The summed E-state index contributed by atoms with van der Waals surface area (Å²) in [6, 6.07) is 13.6. The second-order valence-electron chi connectivity index (χ2n) is 8.47. The van der Waals surface area contributed by atoms with Crippen LogP contribution in [0.2, 0.25) is 0 Å². The molecule has 1 aliphatic heterocycles. The molecule has 1 aliphatic rings. The fourth-order valence-electron chi connectivity index (χ4n) is 4.33. The normalized spacial score (nSPS) is 13.9. The highest BCUT2D eigenvalue weighted by Gasteiger charge is 2.33. The number of halogens is 3. The number of alkyl halides is 3. The third kappa shape index (κ3) is 7.15. The molecule has 2 aromatic carbocycles. The minimum atomic E-state index is -4.53. The smallest absolute Gasteiger partial charge is 0.418 e. The van der Waals surface area contributed by atoms with Gasteiger partial charge in [0.1, 0.15) is 12.1 Å². The Morgan fingerprint density at radius 2 is 1.85 bits per heavy atom. The Balaban J connectivity index is 0.00000187. The maximum atomic E-state index is 13.3. The van der Waals surface area contributed by atoms with Gasteiger partial charge in [0.05, 0.1) is 11.1 Å². The van der Waals surface area contributed by atoms with E-state index >= 15 is 0 Å². The fourth-order valence-corrected chi connectivity index (χ4v) is 5.42. The number of likely N-dealkylation sites (tertiary alicyclic amines) is 1. The van der Waals surface area contributed by atoms with E-state index in [0.717, 1.165) is 28.9 Å². The molecule has 2 aromatic heterocycles. The number of ether oxygens (including phenoxy) is 1. The van der Waals surface area contributed by atoms with Crippen LogP contribution in [-0.4, -0.2) is 55.8 Å². The number of hydrogen-bond donors (Lipinski definition) is 1. The number of nitrogens with zero attached hydrogens (tertiary/aromatic N) is 4. The molecule has 14 heteroatoms. The SMILES string of the molecule is O.O.O=C(COc1ccnc2c(C(F)(F)F)cccc12)N1CCC(c2ccc(SNc3ncns3)cc2)CC1.[HH]. The van der Waals surface area contributed by atoms with Gasteiger partial charge in [-0.15, -0.1) is 0 Å². The summed E-state index contributed by atoms with van der Waals surface area (Å²) in [4.78, 5) is 23.6. The van der Waals surface area contributed by atoms with Crippen LogP contribution in [0.1, 0.15) is 31.3 Å². The maximum absolute atomic E-state index is 13.3. The van der Waals surface area contributed by atoms with Gasteiger partial charge >= 0.3 is 6.18 Å². The van der Waals surface area contributed by atoms with Crippen molar-refractivity contribution in [2.24, 2.45) is 0 Å². The first kappa shape index (κ1) is 30.1. The lowest BCUT2D eigenvalue weighted by molar-refractivity contribution is -0.136. The van der Waals surface area contributed by atoms with E-state index in [0.29, 0.717) is 19.0 Å². The molecule has 0 aliphatic carbocycles. The number of fused-ring (bicyclic) bond motifs is 1. The van der Waals surface area contributed by atoms with Crippen LogP contribution in [0, 0.1) is 0 Å². The van der Waals surface area contributed by atoms with Crippen molar-refractivity contribution in [3.63, 3.8) is 0 Å². The molecule has 9 nitrogen and oxygen atoms in total. The number of nitrogens with one attached hydrogen (secondary N) is 1. The standard InChI is InChI=1S/C25H22F3N5O2S2.2H2O.H2/c26-25(27,28)20-3-1-2-19-21(8-11-29-23(19)20)35-14-22(34)33-12-9-17(10-13-33)16-4-6-18(7-5-16)36-32-24-30-15-31-37-24;;;/h1-8,11,15,17H,9-10,12-14H2,(H,30,31,32);2*1H2;1H. The molecule has 0 atom stereocenters. The van der Waals surface area contributed by atoms with E-state index in [1.54, 1.807) is 4.90 Å². The van der Waals surface area contributed by atoms with Crippen molar-refractivity contribution in [3.8, 4) is 5.75 Å². The molecule has 4 aromatic rings. The lowest BCUT2D eigenvalue weighted by Crippen LogP contribution is -2.40. The van der Waals surface area contributed by atoms with E-state index in [1.807, 2.05) is 0 Å². The first-order chi connectivity index (χ1) is 17.9. The van der Waals surface area contributed by atoms with Crippen LogP contribution < -0.4 is 9.46 Å². The van der Waals surface area contributed by atoms with Crippen LogP contribution in [0.4, 0.5) is 18.3 Å². The molecule has 1 amide bonds. The topological polar surface area (TPSA) is 143 Å². The number of carbonyl (C=O) groups is 1. The van der Waals surface area contributed by atoms with E-state index < -0.39 is 11.7 Å². The van der Waals surface area contributed by atoms with Crippen LogP contribution in [-0.2, 0) is 11.0 Å². The van der Waals surface area contributed by atoms with E-state index in [2.05, 4.69) is 43.3 Å². The van der Waals surface area contributed by atoms with Gasteiger partial charge in [0, 0.05) is 42.5 Å². The lowest BCUT2D eigenvalue weighted by atomic mass is 9.89. The molecule has 5 N–H and O–H groups in total. The van der Waals surface area contributed by atoms with Crippen LogP contribution in [0.3, 0.4) is 0 Å². The average Bonchev–Trinajstić information content (AvgIpc) is 3.44. The summed E-state index contributed by atoms with van der Waals surface area (Å²) < 4.78 is 52.7. The molecule has 3 heterocycles. The van der Waals surface area contributed by atoms with Gasteiger partial charge in [-0.25, -0.2) is 4.98 Å². The highest BCUT2D eigenvalue weighted by molar-refractivity contribution is 8.00. The molecule has 210 valence electrons. The Morgan fingerprint density at radius 1 is 1.10 bits per heavy atom. The molecule has 0 bridgehead atoms. The molecular formula is C25H28F3N5O4S2. The number of hydrogen-bond acceptors (Lipinski definition) is 8. The summed E-state index contributed by atoms with van der Waals surface area (Å²) in [5.74, 6) is 0.368. The number of rotatable bonds is 7. The number of carbonyl (C=O) groups excluding carboxylic acids is 1. The van der Waals surface area contributed by atoms with Gasteiger partial charge in [0.25, 0.3) is 5.91 Å². The maximum Gasteiger partial charge on any atom is 0.418 e. The van der Waals surface area contributed by atoms with Crippen molar-refractivity contribution in [1.29, 1.82) is 0 Å². The molecule has 5 rings (SSSR count). The van der Waals surface area contributed by atoms with Gasteiger partial charge in [0.15, 0.2) is 6.61 Å². The fraction of sp³-hybridized carbons (Fsp3) is 0.280. The Labute approximate surface area is 231 Å². The number of benzene rings is 2. The quantitative estimate of drug-likeness (QED) is 0.313. The number of pyridine rings is 1. The summed E-state index contributed by atoms with van der Waals surface area (Å²) in [5, 5.41) is 0.974. The van der Waals surface area contributed by atoms with Gasteiger partial charge in [-0.05, 0) is 66.6 Å². The van der Waals surface area contributed by atoms with Crippen molar-refractivity contribution in [2.45, 2.75) is 29.8 Å². The first-order valence-electron chi connectivity index (χ1n) is 11.5. The highest BCUT2D eigenvalue weighted by Crippen LogP contribution is 2.36. The minimum absolute atomic E-state index is 0. The monoisotopic (exact) mass is 583 g/mol. The Bertz CT molecular complexity index is 1370. The molecular weight excluding hydrogens is 555 g/mol. The molecule has 0 saturated carbocycles. The lowest BCUT2D eigenvalue weighted by Gasteiger charge is -2.32. The number of amides is 1. The number of anilines is 1. The van der Waals surface area contributed by atoms with Crippen molar-refractivity contribution in [2.75, 3.05) is 24.4 Å². The first-order valence-corrected chi connectivity index (χ1v) is 13.1. The molecule has 1 saturated heterocycles. The second-order valence-corrected chi connectivity index (χ2v) is 10.1. The second kappa shape index (κ2) is 13.1. The van der Waals surface area contributed by atoms with E-state index in [9.17, 15) is 18.0 Å². The predicted octanol–water partition coefficient (Wildman–Crippen LogP) is 4.61. The van der Waals surface area contributed by atoms with Gasteiger partial charge in [-0.2, -0.15) is 17.5 Å². The van der Waals surface area contributed by atoms with Crippen molar-refractivity contribution in [1.82, 2.24) is 19.2 Å². The van der Waals surface area contributed by atoms with Crippen molar-refractivity contribution < 1.29 is 35.1 Å². The number of piperidine rings is 1. The van der Waals surface area contributed by atoms with Gasteiger partial charge < -0.3 is 25.3 Å². The van der Waals surface area contributed by atoms with Gasteiger partial charge in [0.2, 0.25) is 5.13 Å². The molecule has 0 radical (unpaired) electrons. The van der Waals surface area contributed by atoms with Crippen molar-refractivity contribution >= 4 is 45.4 Å². The zero-order chi connectivity index (χ0) is 25.8. The zero-order valence-electron chi connectivity index (χ0n) is 20.4. The average molecular weight is 584 g/mol. The predicted molar refractivity (Wildman–Crippen MR) is 146 cm³/mol. The highest BCUT2D eigenvalue weighted by atomic mass is 32.2. The summed E-state index contributed by atoms with van der Waals surface area (Å²) in [6.07, 6.45) is -0.101. The number of aromatic nitrogens is 3. The van der Waals surface area contributed by atoms with E-state index in [-0.39, 0.29) is 41.5 Å². The van der Waals surface area contributed by atoms with E-state index in [4.69, 9.17) is 4.74 Å². The summed E-state index contributed by atoms with van der Waals surface area (Å²) in [7, 11) is 0. The molecule has 0 unspecified atom stereocenters. The third-order valence-electron chi connectivity index (χ3n) is 6.20. The van der Waals surface area contributed by atoms with Crippen LogP contribution in [0.15, 0.2) is 66.0 Å². The summed E-state index contributed by atoms with van der Waals surface area (Å²) in [5.41, 5.74) is 0.206. The zero-order valence-corrected chi connectivity index (χ0v) is 22.1. The minimum Gasteiger partial charge on any atom is -0.483 e. The summed E-state index contributed by atoms with van der Waals surface area (Å²) in [6.45, 7) is 0.947. The molecule has 39 heavy (non-hydrogen) atoms. The van der Waals surface area contributed by atoms with Gasteiger partial charge in [-0.3, -0.25) is 9.78 Å². The molecule has 1 fully saturated rings. The Morgan fingerprint density at radius 3 is 2.51 bits per heavy atom. The largest absolute Gasteiger partial charge is 0.483 e. The number of para-hydroxylation sites is 1. The molecule has 0 spiro atoms. The van der Waals surface area contributed by atoms with E-state index in [1.165, 1.54) is 59.8 Å². The third-order valence-corrected chi connectivity index (χ3v) is 7.72. The Kier molecular flexibility index (Phi) is 10.1. The van der Waals surface area contributed by atoms with Crippen LogP contribution >= 0.6 is 23.5 Å². The van der Waals surface area contributed by atoms with Crippen LogP contribution in [0.25, 0.3) is 10.9 Å². The Hall–Kier alpha value is -3.46. The van der Waals surface area contributed by atoms with Crippen LogP contribution in [0.5, 0.6) is 5.75 Å². The van der Waals surface area contributed by atoms with Gasteiger partial charge in [-0.1, -0.05) is 18.2 Å². The summed E-state index contributed by atoms with van der Waals surface area (Å²) >= 11 is 2.77.